The summed E-state index contributed by atoms with van der Waals surface area (Å²) in [6, 6.07) is 12.5. The van der Waals surface area contributed by atoms with Gasteiger partial charge in [0.2, 0.25) is 5.95 Å². The van der Waals surface area contributed by atoms with E-state index >= 15 is 0 Å². The summed E-state index contributed by atoms with van der Waals surface area (Å²) in [6.07, 6.45) is 1.97. The number of carbonyl (C=O) groups excluding carboxylic acids is 1. The van der Waals surface area contributed by atoms with Crippen LogP contribution in [0.5, 0.6) is 0 Å². The van der Waals surface area contributed by atoms with E-state index in [2.05, 4.69) is 10.3 Å². The SMILES string of the molecule is O=C(NCCCOCc1ccccc1)c1ccnc(F)c1. The van der Waals surface area contributed by atoms with Gasteiger partial charge in [-0.1, -0.05) is 30.3 Å². The van der Waals surface area contributed by atoms with Crippen molar-refractivity contribution in [2.75, 3.05) is 13.2 Å². The van der Waals surface area contributed by atoms with Crippen LogP contribution in [0.15, 0.2) is 48.7 Å². The molecule has 1 N–H and O–H groups in total. The van der Waals surface area contributed by atoms with Gasteiger partial charge in [0.1, 0.15) is 0 Å². The highest BCUT2D eigenvalue weighted by atomic mass is 19.1. The highest BCUT2D eigenvalue weighted by Crippen LogP contribution is 2.01. The van der Waals surface area contributed by atoms with E-state index in [0.29, 0.717) is 26.2 Å². The summed E-state index contributed by atoms with van der Waals surface area (Å²) in [4.78, 5) is 15.1. The van der Waals surface area contributed by atoms with Gasteiger partial charge in [-0.25, -0.2) is 4.98 Å². The summed E-state index contributed by atoms with van der Waals surface area (Å²) in [5.74, 6) is -0.965. The highest BCUT2D eigenvalue weighted by molar-refractivity contribution is 5.93. The van der Waals surface area contributed by atoms with Crippen LogP contribution in [0.2, 0.25) is 0 Å². The molecule has 2 aromatic rings. The van der Waals surface area contributed by atoms with Gasteiger partial charge in [0.15, 0.2) is 0 Å². The van der Waals surface area contributed by atoms with Crippen molar-refractivity contribution in [2.45, 2.75) is 13.0 Å². The lowest BCUT2D eigenvalue weighted by Crippen LogP contribution is -2.25. The Labute approximate surface area is 123 Å². The lowest BCUT2D eigenvalue weighted by molar-refractivity contribution is 0.0934. The lowest BCUT2D eigenvalue weighted by Gasteiger charge is -2.06. The second-order valence-corrected chi connectivity index (χ2v) is 4.51. The number of pyridine rings is 1. The van der Waals surface area contributed by atoms with Crippen molar-refractivity contribution in [1.82, 2.24) is 10.3 Å². The topological polar surface area (TPSA) is 51.2 Å². The average Bonchev–Trinajstić information content (AvgIpc) is 2.51. The van der Waals surface area contributed by atoms with Crippen molar-refractivity contribution in [3.8, 4) is 0 Å². The molecular formula is C16H17FN2O2. The number of hydrogen-bond acceptors (Lipinski definition) is 3. The Kier molecular flexibility index (Phi) is 5.84. The number of nitrogens with one attached hydrogen (secondary N) is 1. The number of hydrogen-bond donors (Lipinski definition) is 1. The monoisotopic (exact) mass is 288 g/mol. The molecule has 1 heterocycles. The van der Waals surface area contributed by atoms with E-state index in [1.807, 2.05) is 30.3 Å². The van der Waals surface area contributed by atoms with Gasteiger partial charge < -0.3 is 10.1 Å². The Balaban J connectivity index is 1.60. The average molecular weight is 288 g/mol. The van der Waals surface area contributed by atoms with Crippen LogP contribution in [-0.4, -0.2) is 24.0 Å². The number of benzene rings is 1. The molecule has 0 bridgehead atoms. The Morgan fingerprint density at radius 3 is 2.81 bits per heavy atom. The molecule has 0 fully saturated rings. The van der Waals surface area contributed by atoms with E-state index < -0.39 is 5.95 Å². The maximum atomic E-state index is 12.9. The third-order valence-electron chi connectivity index (χ3n) is 2.85. The maximum Gasteiger partial charge on any atom is 0.251 e. The van der Waals surface area contributed by atoms with Gasteiger partial charge in [0.05, 0.1) is 6.61 Å². The summed E-state index contributed by atoms with van der Waals surface area (Å²) < 4.78 is 18.4. The van der Waals surface area contributed by atoms with E-state index in [-0.39, 0.29) is 11.5 Å². The number of ether oxygens (including phenoxy) is 1. The molecule has 0 unspecified atom stereocenters. The zero-order valence-corrected chi connectivity index (χ0v) is 11.6. The third kappa shape index (κ3) is 5.31. The van der Waals surface area contributed by atoms with Gasteiger partial charge >= 0.3 is 0 Å². The first-order valence-corrected chi connectivity index (χ1v) is 6.77. The molecule has 0 radical (unpaired) electrons. The number of carbonyl (C=O) groups is 1. The molecule has 21 heavy (non-hydrogen) atoms. The maximum absolute atomic E-state index is 12.9. The largest absolute Gasteiger partial charge is 0.377 e. The first-order valence-electron chi connectivity index (χ1n) is 6.77. The van der Waals surface area contributed by atoms with E-state index in [9.17, 15) is 9.18 Å². The first kappa shape index (κ1) is 15.1. The minimum atomic E-state index is -0.658. The molecule has 0 aliphatic carbocycles. The van der Waals surface area contributed by atoms with E-state index in [1.165, 1.54) is 12.3 Å². The Morgan fingerprint density at radius 2 is 2.05 bits per heavy atom. The summed E-state index contributed by atoms with van der Waals surface area (Å²) in [6.45, 7) is 1.60. The van der Waals surface area contributed by atoms with Crippen molar-refractivity contribution in [3.05, 3.63) is 65.7 Å². The lowest BCUT2D eigenvalue weighted by atomic mass is 10.2. The van der Waals surface area contributed by atoms with Gasteiger partial charge in [0.25, 0.3) is 5.91 Å². The van der Waals surface area contributed by atoms with Gasteiger partial charge in [-0.15, -0.1) is 0 Å². The molecule has 5 heteroatoms. The number of nitrogens with zero attached hydrogens (tertiary/aromatic N) is 1. The van der Waals surface area contributed by atoms with Crippen LogP contribution >= 0.6 is 0 Å². The molecule has 0 aliphatic heterocycles. The quantitative estimate of drug-likeness (QED) is 0.629. The summed E-state index contributed by atoms with van der Waals surface area (Å²) >= 11 is 0. The minimum absolute atomic E-state index is 0.271. The second-order valence-electron chi connectivity index (χ2n) is 4.51. The zero-order chi connectivity index (χ0) is 14.9. The highest BCUT2D eigenvalue weighted by Gasteiger charge is 2.05. The summed E-state index contributed by atoms with van der Waals surface area (Å²) in [5.41, 5.74) is 1.39. The molecule has 1 aromatic carbocycles. The Morgan fingerprint density at radius 1 is 1.24 bits per heavy atom. The van der Waals surface area contributed by atoms with Crippen LogP contribution in [0, 0.1) is 5.95 Å². The minimum Gasteiger partial charge on any atom is -0.377 e. The second kappa shape index (κ2) is 8.11. The molecular weight excluding hydrogens is 271 g/mol. The predicted molar refractivity (Wildman–Crippen MR) is 77.2 cm³/mol. The van der Waals surface area contributed by atoms with E-state index in [1.54, 1.807) is 0 Å². The van der Waals surface area contributed by atoms with Crippen molar-refractivity contribution in [2.24, 2.45) is 0 Å². The fourth-order valence-electron chi connectivity index (χ4n) is 1.79. The predicted octanol–water partition coefficient (Wildman–Crippen LogP) is 2.56. The van der Waals surface area contributed by atoms with Crippen LogP contribution in [0.3, 0.4) is 0 Å². The normalized spacial score (nSPS) is 10.3. The zero-order valence-electron chi connectivity index (χ0n) is 11.6. The van der Waals surface area contributed by atoms with Crippen molar-refractivity contribution in [3.63, 3.8) is 0 Å². The standard InChI is InChI=1S/C16H17FN2O2/c17-15-11-14(7-9-18-15)16(20)19-8-4-10-21-12-13-5-2-1-3-6-13/h1-3,5-7,9,11H,4,8,10,12H2,(H,19,20). The van der Waals surface area contributed by atoms with Crippen LogP contribution in [0.25, 0.3) is 0 Å². The van der Waals surface area contributed by atoms with Gasteiger partial charge in [-0.3, -0.25) is 4.79 Å². The molecule has 0 atom stereocenters. The van der Waals surface area contributed by atoms with E-state index in [4.69, 9.17) is 4.74 Å². The number of halogens is 1. The van der Waals surface area contributed by atoms with Gasteiger partial charge in [-0.05, 0) is 18.1 Å². The van der Waals surface area contributed by atoms with Crippen molar-refractivity contribution >= 4 is 5.91 Å². The van der Waals surface area contributed by atoms with Crippen molar-refractivity contribution in [1.29, 1.82) is 0 Å². The molecule has 2 rings (SSSR count). The van der Waals surface area contributed by atoms with Crippen LogP contribution in [0.4, 0.5) is 4.39 Å². The van der Waals surface area contributed by atoms with Crippen LogP contribution < -0.4 is 5.32 Å². The molecule has 1 aromatic heterocycles. The number of rotatable bonds is 7. The Hall–Kier alpha value is -2.27. The number of aromatic nitrogens is 1. The van der Waals surface area contributed by atoms with Crippen molar-refractivity contribution < 1.29 is 13.9 Å². The third-order valence-corrected chi connectivity index (χ3v) is 2.85. The van der Waals surface area contributed by atoms with Crippen LogP contribution in [0.1, 0.15) is 22.3 Å². The molecule has 0 saturated carbocycles. The molecule has 1 amide bonds. The fourth-order valence-corrected chi connectivity index (χ4v) is 1.79. The summed E-state index contributed by atoms with van der Waals surface area (Å²) in [7, 11) is 0. The van der Waals surface area contributed by atoms with Crippen LogP contribution in [-0.2, 0) is 11.3 Å². The molecule has 4 nitrogen and oxygen atoms in total. The Bertz CT molecular complexity index is 575. The molecule has 0 spiro atoms. The first-order chi connectivity index (χ1) is 10.3. The fraction of sp³-hybridized carbons (Fsp3) is 0.250. The van der Waals surface area contributed by atoms with Gasteiger partial charge in [0, 0.05) is 31.0 Å². The molecule has 110 valence electrons. The smallest absolute Gasteiger partial charge is 0.251 e. The molecule has 0 aliphatic rings. The molecule has 0 saturated heterocycles. The van der Waals surface area contributed by atoms with Gasteiger partial charge in [-0.2, -0.15) is 4.39 Å². The summed E-state index contributed by atoms with van der Waals surface area (Å²) in [5, 5.41) is 2.71. The number of amides is 1. The van der Waals surface area contributed by atoms with E-state index in [0.717, 1.165) is 11.6 Å².